The zero-order valence-electron chi connectivity index (χ0n) is 10.9. The highest BCUT2D eigenvalue weighted by molar-refractivity contribution is 5.10. The summed E-state index contributed by atoms with van der Waals surface area (Å²) in [5.41, 5.74) is 2.92. The number of allylic oxidation sites excluding steroid dienone is 1. The number of nitrogens with zero attached hydrogens (tertiary/aromatic N) is 2. The lowest BCUT2D eigenvalue weighted by Gasteiger charge is -2.12. The van der Waals surface area contributed by atoms with Gasteiger partial charge in [0.25, 0.3) is 0 Å². The van der Waals surface area contributed by atoms with Gasteiger partial charge in [0.1, 0.15) is 0 Å². The zero-order chi connectivity index (χ0) is 12.1. The summed E-state index contributed by atoms with van der Waals surface area (Å²) in [6, 6.07) is 0.400. The Kier molecular flexibility index (Phi) is 4.37. The first-order valence-electron chi connectivity index (χ1n) is 6.73. The van der Waals surface area contributed by atoms with Gasteiger partial charge in [-0.15, -0.1) is 0 Å². The van der Waals surface area contributed by atoms with Crippen LogP contribution in [-0.4, -0.2) is 16.3 Å². The van der Waals surface area contributed by atoms with Crippen LogP contribution in [-0.2, 0) is 6.54 Å². The molecule has 0 fully saturated rings. The predicted octanol–water partition coefficient (Wildman–Crippen LogP) is 3.05. The van der Waals surface area contributed by atoms with E-state index in [1.807, 2.05) is 10.9 Å². The van der Waals surface area contributed by atoms with Crippen molar-refractivity contribution in [2.75, 3.05) is 6.54 Å². The van der Waals surface area contributed by atoms with E-state index < -0.39 is 0 Å². The molecule has 1 N–H and O–H groups in total. The number of aromatic nitrogens is 2. The van der Waals surface area contributed by atoms with Crippen molar-refractivity contribution in [2.24, 2.45) is 0 Å². The van der Waals surface area contributed by atoms with E-state index in [0.717, 1.165) is 13.1 Å². The summed E-state index contributed by atoms with van der Waals surface area (Å²) in [7, 11) is 0. The fraction of sp³-hybridized carbons (Fsp3) is 0.643. The third-order valence-corrected chi connectivity index (χ3v) is 3.51. The van der Waals surface area contributed by atoms with Gasteiger partial charge in [-0.05, 0) is 46.1 Å². The van der Waals surface area contributed by atoms with Crippen molar-refractivity contribution in [3.63, 3.8) is 0 Å². The predicted molar refractivity (Wildman–Crippen MR) is 70.9 cm³/mol. The van der Waals surface area contributed by atoms with Crippen molar-refractivity contribution in [2.45, 2.75) is 52.1 Å². The van der Waals surface area contributed by atoms with Crippen molar-refractivity contribution < 1.29 is 0 Å². The standard InChI is InChI=1S/C14H23N3/c1-3-17-11-14(10-16-17)12(2)15-9-8-13-6-4-5-7-13/h6,10-12,15H,3-5,7-9H2,1-2H3. The Morgan fingerprint density at radius 1 is 1.53 bits per heavy atom. The van der Waals surface area contributed by atoms with Crippen molar-refractivity contribution >= 4 is 0 Å². The van der Waals surface area contributed by atoms with Crippen LogP contribution in [0.5, 0.6) is 0 Å². The molecule has 0 amide bonds. The Morgan fingerprint density at radius 3 is 3.06 bits per heavy atom. The molecule has 0 saturated heterocycles. The van der Waals surface area contributed by atoms with Crippen LogP contribution < -0.4 is 5.32 Å². The molecule has 1 aromatic rings. The fourth-order valence-electron chi connectivity index (χ4n) is 2.31. The highest BCUT2D eigenvalue weighted by Gasteiger charge is 2.08. The summed E-state index contributed by atoms with van der Waals surface area (Å²) in [5, 5.41) is 7.88. The van der Waals surface area contributed by atoms with Gasteiger partial charge in [0.2, 0.25) is 0 Å². The first-order valence-corrected chi connectivity index (χ1v) is 6.73. The van der Waals surface area contributed by atoms with Crippen LogP contribution >= 0.6 is 0 Å². The van der Waals surface area contributed by atoms with Crippen molar-refractivity contribution in [1.82, 2.24) is 15.1 Å². The molecule has 0 radical (unpaired) electrons. The first-order chi connectivity index (χ1) is 8.29. The highest BCUT2D eigenvalue weighted by atomic mass is 15.3. The molecule has 1 aromatic heterocycles. The van der Waals surface area contributed by atoms with Gasteiger partial charge in [0.15, 0.2) is 0 Å². The van der Waals surface area contributed by atoms with Gasteiger partial charge in [-0.25, -0.2) is 0 Å². The minimum atomic E-state index is 0.400. The van der Waals surface area contributed by atoms with Crippen molar-refractivity contribution in [1.29, 1.82) is 0 Å². The van der Waals surface area contributed by atoms with Crippen LogP contribution in [0, 0.1) is 0 Å². The Bertz CT molecular complexity index is 379. The molecular weight excluding hydrogens is 210 g/mol. The summed E-state index contributed by atoms with van der Waals surface area (Å²) in [6.07, 6.45) is 11.7. The monoisotopic (exact) mass is 233 g/mol. The molecule has 0 bridgehead atoms. The van der Waals surface area contributed by atoms with E-state index in [1.165, 1.54) is 31.2 Å². The molecule has 17 heavy (non-hydrogen) atoms. The number of rotatable bonds is 6. The van der Waals surface area contributed by atoms with E-state index in [1.54, 1.807) is 5.57 Å². The summed E-state index contributed by atoms with van der Waals surface area (Å²) in [6.45, 7) is 6.34. The lowest BCUT2D eigenvalue weighted by molar-refractivity contribution is 0.571. The highest BCUT2D eigenvalue weighted by Crippen LogP contribution is 2.20. The van der Waals surface area contributed by atoms with Crippen molar-refractivity contribution in [3.05, 3.63) is 29.6 Å². The molecule has 1 aliphatic carbocycles. The van der Waals surface area contributed by atoms with Crippen LogP contribution in [0.1, 0.15) is 51.1 Å². The number of aryl methyl sites for hydroxylation is 1. The second-order valence-corrected chi connectivity index (χ2v) is 4.81. The molecule has 0 aromatic carbocycles. The third-order valence-electron chi connectivity index (χ3n) is 3.51. The number of hydrogen-bond acceptors (Lipinski definition) is 2. The van der Waals surface area contributed by atoms with E-state index in [2.05, 4.69) is 36.5 Å². The molecule has 94 valence electrons. The van der Waals surface area contributed by atoms with Gasteiger partial charge in [-0.1, -0.05) is 11.6 Å². The SMILES string of the molecule is CCn1cc(C(C)NCCC2=CCCC2)cn1. The molecule has 3 nitrogen and oxygen atoms in total. The second kappa shape index (κ2) is 6.01. The first kappa shape index (κ1) is 12.4. The Morgan fingerprint density at radius 2 is 2.41 bits per heavy atom. The minimum absolute atomic E-state index is 0.400. The molecule has 1 unspecified atom stereocenters. The van der Waals surface area contributed by atoms with Crippen molar-refractivity contribution in [3.8, 4) is 0 Å². The molecule has 2 rings (SSSR count). The molecular formula is C14H23N3. The van der Waals surface area contributed by atoms with Gasteiger partial charge < -0.3 is 5.32 Å². The van der Waals surface area contributed by atoms with Gasteiger partial charge in [-0.3, -0.25) is 4.68 Å². The Labute approximate surface area is 104 Å². The maximum Gasteiger partial charge on any atom is 0.0537 e. The van der Waals surface area contributed by atoms with Gasteiger partial charge in [0, 0.05) is 24.3 Å². The molecule has 1 aliphatic rings. The fourth-order valence-corrected chi connectivity index (χ4v) is 2.31. The molecule has 0 aliphatic heterocycles. The van der Waals surface area contributed by atoms with E-state index in [4.69, 9.17) is 0 Å². The quantitative estimate of drug-likeness (QED) is 0.765. The van der Waals surface area contributed by atoms with Gasteiger partial charge >= 0.3 is 0 Å². The van der Waals surface area contributed by atoms with Crippen LogP contribution in [0.2, 0.25) is 0 Å². The average molecular weight is 233 g/mol. The Hall–Kier alpha value is -1.09. The van der Waals surface area contributed by atoms with Gasteiger partial charge in [-0.2, -0.15) is 5.10 Å². The maximum atomic E-state index is 4.31. The normalized spacial score (nSPS) is 17.2. The lowest BCUT2D eigenvalue weighted by Crippen LogP contribution is -2.19. The average Bonchev–Trinajstić information content (AvgIpc) is 2.99. The second-order valence-electron chi connectivity index (χ2n) is 4.81. The van der Waals surface area contributed by atoms with E-state index in [0.29, 0.717) is 6.04 Å². The summed E-state index contributed by atoms with van der Waals surface area (Å²) in [5.74, 6) is 0. The van der Waals surface area contributed by atoms with E-state index in [-0.39, 0.29) is 0 Å². The number of nitrogens with one attached hydrogen (secondary N) is 1. The van der Waals surface area contributed by atoms with Crippen LogP contribution in [0.4, 0.5) is 0 Å². The van der Waals surface area contributed by atoms with Crippen LogP contribution in [0.25, 0.3) is 0 Å². The molecule has 0 saturated carbocycles. The van der Waals surface area contributed by atoms with E-state index >= 15 is 0 Å². The van der Waals surface area contributed by atoms with Crippen LogP contribution in [0.15, 0.2) is 24.0 Å². The van der Waals surface area contributed by atoms with Gasteiger partial charge in [0.05, 0.1) is 6.20 Å². The summed E-state index contributed by atoms with van der Waals surface area (Å²) >= 11 is 0. The molecule has 1 atom stereocenters. The largest absolute Gasteiger partial charge is 0.310 e. The minimum Gasteiger partial charge on any atom is -0.310 e. The lowest BCUT2D eigenvalue weighted by atomic mass is 10.1. The Balaban J connectivity index is 1.74. The summed E-state index contributed by atoms with van der Waals surface area (Å²) < 4.78 is 1.98. The third kappa shape index (κ3) is 3.43. The number of hydrogen-bond donors (Lipinski definition) is 1. The topological polar surface area (TPSA) is 29.9 Å². The van der Waals surface area contributed by atoms with Crippen LogP contribution in [0.3, 0.4) is 0 Å². The van der Waals surface area contributed by atoms with E-state index in [9.17, 15) is 0 Å². The molecule has 0 spiro atoms. The summed E-state index contributed by atoms with van der Waals surface area (Å²) in [4.78, 5) is 0. The smallest absolute Gasteiger partial charge is 0.0537 e. The molecule has 3 heteroatoms. The molecule has 1 heterocycles. The zero-order valence-corrected chi connectivity index (χ0v) is 10.9. The maximum absolute atomic E-state index is 4.31.